The number of ketones is 1. The van der Waals surface area contributed by atoms with E-state index in [2.05, 4.69) is 5.16 Å². The second-order valence-electron chi connectivity index (χ2n) is 2.21. The minimum atomic E-state index is -0.972. The molecule has 0 saturated carbocycles. The number of carbonyl (C=O) groups excluding carboxylic acids is 2. The van der Waals surface area contributed by atoms with Crippen LogP contribution in [0.3, 0.4) is 0 Å². The fraction of sp³-hybridized carbons (Fsp3) is 0.571. The van der Waals surface area contributed by atoms with Crippen molar-refractivity contribution in [3.63, 3.8) is 0 Å². The van der Waals surface area contributed by atoms with E-state index in [1.807, 2.05) is 0 Å². The van der Waals surface area contributed by atoms with Gasteiger partial charge in [0.15, 0.2) is 0 Å². The average Bonchev–Trinajstić information content (AvgIpc) is 2.18. The Hall–Kier alpha value is -0.750. The van der Waals surface area contributed by atoms with Gasteiger partial charge in [-0.1, -0.05) is 5.16 Å². The first-order valence-electron chi connectivity index (χ1n) is 3.61. The van der Waals surface area contributed by atoms with Crippen LogP contribution in [0.1, 0.15) is 6.92 Å². The van der Waals surface area contributed by atoms with E-state index >= 15 is 0 Å². The standard InChI is InChI=1S/C7H10ClNO4S/c1-4(14-2)13-7(11)6(9-12)5(10)3-8/h4,12H,3H2,1-2H3/b9-6-. The van der Waals surface area contributed by atoms with Crippen LogP contribution in [-0.4, -0.2) is 40.2 Å². The summed E-state index contributed by atoms with van der Waals surface area (Å²) < 4.78 is 4.73. The molecule has 0 rings (SSSR count). The Labute approximate surface area is 90.4 Å². The Bertz CT molecular complexity index is 256. The number of hydrogen-bond donors (Lipinski definition) is 1. The molecule has 0 aliphatic heterocycles. The van der Waals surface area contributed by atoms with Crippen molar-refractivity contribution in [2.75, 3.05) is 12.1 Å². The van der Waals surface area contributed by atoms with Gasteiger partial charge in [-0.05, 0) is 13.2 Å². The SMILES string of the molecule is CSC(C)OC(=O)/C(=N\O)C(=O)CCl. The lowest BCUT2D eigenvalue weighted by Gasteiger charge is -2.09. The molecule has 0 spiro atoms. The zero-order chi connectivity index (χ0) is 11.1. The number of rotatable bonds is 5. The van der Waals surface area contributed by atoms with E-state index in [0.717, 1.165) is 0 Å². The number of thioether (sulfide) groups is 1. The van der Waals surface area contributed by atoms with Crippen LogP contribution < -0.4 is 0 Å². The second kappa shape index (κ2) is 6.67. The summed E-state index contributed by atoms with van der Waals surface area (Å²) in [6, 6.07) is 0. The van der Waals surface area contributed by atoms with Gasteiger partial charge in [0.1, 0.15) is 5.44 Å². The third kappa shape index (κ3) is 3.97. The molecule has 0 amide bonds. The van der Waals surface area contributed by atoms with Gasteiger partial charge in [-0.25, -0.2) is 4.79 Å². The summed E-state index contributed by atoms with van der Waals surface area (Å²) in [6.07, 6.45) is 1.73. The number of esters is 1. The largest absolute Gasteiger partial charge is 0.447 e. The molecule has 5 nitrogen and oxygen atoms in total. The van der Waals surface area contributed by atoms with Gasteiger partial charge < -0.3 is 9.94 Å². The highest BCUT2D eigenvalue weighted by molar-refractivity contribution is 7.99. The van der Waals surface area contributed by atoms with Crippen molar-refractivity contribution >= 4 is 40.8 Å². The molecular formula is C7H10ClNO4S. The summed E-state index contributed by atoms with van der Waals surface area (Å²) in [5.41, 5.74) is -1.09. The summed E-state index contributed by atoms with van der Waals surface area (Å²) in [5.74, 6) is -2.17. The molecule has 0 saturated heterocycles. The zero-order valence-corrected chi connectivity index (χ0v) is 9.26. The van der Waals surface area contributed by atoms with Crippen LogP contribution in [0.4, 0.5) is 0 Å². The number of alkyl halides is 1. The molecule has 0 heterocycles. The molecule has 14 heavy (non-hydrogen) atoms. The fourth-order valence-electron chi connectivity index (χ4n) is 0.528. The summed E-state index contributed by atoms with van der Waals surface area (Å²) in [5, 5.41) is 10.9. The number of halogens is 1. The molecule has 80 valence electrons. The number of Topliss-reactive ketones (excluding diaryl/α,β-unsaturated/α-hetero) is 1. The van der Waals surface area contributed by atoms with E-state index < -0.39 is 28.8 Å². The van der Waals surface area contributed by atoms with Crippen LogP contribution >= 0.6 is 23.4 Å². The van der Waals surface area contributed by atoms with E-state index in [0.29, 0.717) is 0 Å². The molecule has 0 aromatic carbocycles. The molecule has 0 bridgehead atoms. The van der Waals surface area contributed by atoms with E-state index in [1.54, 1.807) is 13.2 Å². The van der Waals surface area contributed by atoms with Gasteiger partial charge in [0.25, 0.3) is 0 Å². The van der Waals surface area contributed by atoms with Gasteiger partial charge >= 0.3 is 5.97 Å². The fourth-order valence-corrected chi connectivity index (χ4v) is 0.839. The van der Waals surface area contributed by atoms with Crippen LogP contribution in [0.15, 0.2) is 5.16 Å². The normalized spacial score (nSPS) is 13.5. The first kappa shape index (κ1) is 13.2. The molecular weight excluding hydrogens is 230 g/mol. The molecule has 0 aliphatic rings. The van der Waals surface area contributed by atoms with Gasteiger partial charge in [-0.15, -0.1) is 23.4 Å². The van der Waals surface area contributed by atoms with Crippen molar-refractivity contribution in [1.82, 2.24) is 0 Å². The van der Waals surface area contributed by atoms with Gasteiger partial charge in [-0.3, -0.25) is 4.79 Å². The number of hydrogen-bond acceptors (Lipinski definition) is 6. The van der Waals surface area contributed by atoms with Crippen LogP contribution in [0.25, 0.3) is 0 Å². The minimum absolute atomic E-state index is 0.414. The maximum absolute atomic E-state index is 11.1. The van der Waals surface area contributed by atoms with Gasteiger partial charge in [0, 0.05) is 0 Å². The molecule has 7 heteroatoms. The topological polar surface area (TPSA) is 76.0 Å². The van der Waals surface area contributed by atoms with Crippen LogP contribution in [0.2, 0.25) is 0 Å². The van der Waals surface area contributed by atoms with Crippen molar-refractivity contribution in [2.24, 2.45) is 5.16 Å². The lowest BCUT2D eigenvalue weighted by Crippen LogP contribution is -2.29. The second-order valence-corrected chi connectivity index (χ2v) is 3.62. The van der Waals surface area contributed by atoms with Crippen molar-refractivity contribution < 1.29 is 19.5 Å². The first-order chi connectivity index (χ1) is 6.56. The highest BCUT2D eigenvalue weighted by Crippen LogP contribution is 2.07. The Balaban J connectivity index is 4.42. The Morgan fingerprint density at radius 1 is 1.64 bits per heavy atom. The van der Waals surface area contributed by atoms with Crippen LogP contribution in [-0.2, 0) is 14.3 Å². The lowest BCUT2D eigenvalue weighted by atomic mass is 10.3. The highest BCUT2D eigenvalue weighted by Gasteiger charge is 2.23. The maximum atomic E-state index is 11.1. The first-order valence-corrected chi connectivity index (χ1v) is 5.44. The maximum Gasteiger partial charge on any atom is 0.365 e. The Morgan fingerprint density at radius 2 is 2.21 bits per heavy atom. The Kier molecular flexibility index (Phi) is 6.31. The summed E-state index contributed by atoms with van der Waals surface area (Å²) >= 11 is 6.46. The molecule has 1 unspecified atom stereocenters. The van der Waals surface area contributed by atoms with Crippen LogP contribution in [0, 0.1) is 0 Å². The zero-order valence-electron chi connectivity index (χ0n) is 7.69. The van der Waals surface area contributed by atoms with Gasteiger partial charge in [-0.2, -0.15) is 0 Å². The third-order valence-corrected chi connectivity index (χ3v) is 2.29. The molecule has 0 aromatic heterocycles. The van der Waals surface area contributed by atoms with E-state index in [9.17, 15) is 9.59 Å². The minimum Gasteiger partial charge on any atom is -0.447 e. The van der Waals surface area contributed by atoms with Crippen molar-refractivity contribution in [3.05, 3.63) is 0 Å². The predicted octanol–water partition coefficient (Wildman–Crippen LogP) is 0.877. The molecule has 0 fully saturated rings. The average molecular weight is 240 g/mol. The van der Waals surface area contributed by atoms with E-state index in [4.69, 9.17) is 21.5 Å². The number of oxime groups is 1. The quantitative estimate of drug-likeness (QED) is 0.147. The van der Waals surface area contributed by atoms with Crippen LogP contribution in [0.5, 0.6) is 0 Å². The smallest absolute Gasteiger partial charge is 0.365 e. The van der Waals surface area contributed by atoms with Gasteiger partial charge in [0.05, 0.1) is 5.88 Å². The monoisotopic (exact) mass is 239 g/mol. The predicted molar refractivity (Wildman–Crippen MR) is 54.0 cm³/mol. The number of nitrogens with zero attached hydrogens (tertiary/aromatic N) is 1. The lowest BCUT2D eigenvalue weighted by molar-refractivity contribution is -0.137. The molecule has 0 aliphatic carbocycles. The van der Waals surface area contributed by atoms with E-state index in [1.165, 1.54) is 11.8 Å². The molecule has 1 atom stereocenters. The summed E-state index contributed by atoms with van der Waals surface area (Å²) in [7, 11) is 0. The summed E-state index contributed by atoms with van der Waals surface area (Å²) in [6.45, 7) is 1.63. The molecule has 1 N–H and O–H groups in total. The van der Waals surface area contributed by atoms with Crippen molar-refractivity contribution in [2.45, 2.75) is 12.4 Å². The Morgan fingerprint density at radius 3 is 2.57 bits per heavy atom. The third-order valence-electron chi connectivity index (χ3n) is 1.28. The highest BCUT2D eigenvalue weighted by atomic mass is 35.5. The summed E-state index contributed by atoms with van der Waals surface area (Å²) in [4.78, 5) is 22.1. The van der Waals surface area contributed by atoms with Gasteiger partial charge in [0.2, 0.25) is 11.5 Å². The van der Waals surface area contributed by atoms with Crippen molar-refractivity contribution in [3.8, 4) is 0 Å². The molecule has 0 radical (unpaired) electrons. The number of carbonyl (C=O) groups is 2. The van der Waals surface area contributed by atoms with E-state index in [-0.39, 0.29) is 0 Å². The number of ether oxygens (including phenoxy) is 1. The molecule has 0 aromatic rings. The van der Waals surface area contributed by atoms with Crippen molar-refractivity contribution in [1.29, 1.82) is 0 Å².